The summed E-state index contributed by atoms with van der Waals surface area (Å²) in [6.07, 6.45) is 5.50. The molecular weight excluding hydrogens is 128 g/mol. The zero-order valence-corrected chi connectivity index (χ0v) is 5.83. The summed E-state index contributed by atoms with van der Waals surface area (Å²) in [7, 11) is 0. The lowest BCUT2D eigenvalue weighted by molar-refractivity contribution is 0.348. The highest BCUT2D eigenvalue weighted by Crippen LogP contribution is 1.87. The number of hydrazine groups is 1. The van der Waals surface area contributed by atoms with E-state index in [9.17, 15) is 0 Å². The highest BCUT2D eigenvalue weighted by molar-refractivity contribution is 5.56. The highest BCUT2D eigenvalue weighted by atomic mass is 15.5. The summed E-state index contributed by atoms with van der Waals surface area (Å²) >= 11 is 0. The molecule has 0 aromatic rings. The van der Waals surface area contributed by atoms with E-state index in [1.54, 1.807) is 12.5 Å². The number of aliphatic imine (C=N–C) groups is 1. The molecule has 4 nitrogen and oxygen atoms in total. The lowest BCUT2D eigenvalue weighted by Crippen LogP contribution is -2.40. The summed E-state index contributed by atoms with van der Waals surface area (Å²) in [4.78, 5) is 3.93. The van der Waals surface area contributed by atoms with Crippen LogP contribution < -0.4 is 11.2 Å². The lowest BCUT2D eigenvalue weighted by atomic mass is 10.5. The Morgan fingerprint density at radius 3 is 3.20 bits per heavy atom. The monoisotopic (exact) mass is 140 g/mol. The van der Waals surface area contributed by atoms with E-state index in [-0.39, 0.29) is 0 Å². The predicted octanol–water partition coefficient (Wildman–Crippen LogP) is -0.693. The maximum absolute atomic E-state index is 5.29. The molecule has 1 rings (SSSR count). The van der Waals surface area contributed by atoms with Crippen molar-refractivity contribution < 1.29 is 0 Å². The minimum Gasteiger partial charge on any atom is -0.329 e. The molecule has 0 aromatic heterocycles. The molecule has 10 heavy (non-hydrogen) atoms. The smallest absolute Gasteiger partial charge is 0.105 e. The van der Waals surface area contributed by atoms with Gasteiger partial charge in [-0.1, -0.05) is 0 Å². The van der Waals surface area contributed by atoms with Gasteiger partial charge in [0.25, 0.3) is 0 Å². The van der Waals surface area contributed by atoms with Crippen molar-refractivity contribution in [3.05, 3.63) is 12.3 Å². The van der Waals surface area contributed by atoms with Gasteiger partial charge in [-0.25, -0.2) is 10.4 Å². The van der Waals surface area contributed by atoms with Gasteiger partial charge in [0.05, 0.1) is 6.54 Å². The molecule has 0 unspecified atom stereocenters. The minimum absolute atomic E-state index is 0.647. The van der Waals surface area contributed by atoms with Crippen molar-refractivity contribution in [3.8, 4) is 0 Å². The second kappa shape index (κ2) is 4.03. The largest absolute Gasteiger partial charge is 0.329 e. The Morgan fingerprint density at radius 2 is 2.60 bits per heavy atom. The molecule has 4 heteroatoms. The zero-order valence-electron chi connectivity index (χ0n) is 5.83. The SMILES string of the molecule is NCCNN1C=NC=CC1. The van der Waals surface area contributed by atoms with Gasteiger partial charge in [0.2, 0.25) is 0 Å². The average Bonchev–Trinajstić information content (AvgIpc) is 2.03. The van der Waals surface area contributed by atoms with Gasteiger partial charge in [-0.15, -0.1) is 0 Å². The minimum atomic E-state index is 0.647. The molecule has 0 radical (unpaired) electrons. The molecule has 0 atom stereocenters. The number of nitrogens with one attached hydrogen (secondary N) is 1. The van der Waals surface area contributed by atoms with Crippen LogP contribution in [0.3, 0.4) is 0 Å². The predicted molar refractivity (Wildman–Crippen MR) is 41.4 cm³/mol. The fourth-order valence-corrected chi connectivity index (χ4v) is 0.701. The zero-order chi connectivity index (χ0) is 7.23. The van der Waals surface area contributed by atoms with Crippen LogP contribution in [0.2, 0.25) is 0 Å². The van der Waals surface area contributed by atoms with Gasteiger partial charge in [0.1, 0.15) is 6.34 Å². The van der Waals surface area contributed by atoms with Crippen molar-refractivity contribution in [2.45, 2.75) is 0 Å². The maximum atomic E-state index is 5.29. The van der Waals surface area contributed by atoms with Crippen molar-refractivity contribution in [1.29, 1.82) is 0 Å². The first kappa shape index (κ1) is 7.24. The molecule has 1 aliphatic rings. The number of hydrogen-bond acceptors (Lipinski definition) is 4. The standard InChI is InChI=1S/C6H12N4/c7-2-4-9-10-5-1-3-8-6-10/h1,3,6,9H,2,4-5,7H2. The van der Waals surface area contributed by atoms with Crippen molar-refractivity contribution in [2.24, 2.45) is 10.7 Å². The van der Waals surface area contributed by atoms with E-state index in [0.717, 1.165) is 13.1 Å². The van der Waals surface area contributed by atoms with Crippen LogP contribution in [-0.4, -0.2) is 31.0 Å². The van der Waals surface area contributed by atoms with E-state index in [2.05, 4.69) is 10.4 Å². The van der Waals surface area contributed by atoms with E-state index in [1.807, 2.05) is 11.1 Å². The molecule has 3 N–H and O–H groups in total. The topological polar surface area (TPSA) is 53.6 Å². The Balaban J connectivity index is 2.17. The first-order valence-electron chi connectivity index (χ1n) is 3.32. The molecule has 1 heterocycles. The molecule has 0 spiro atoms. The summed E-state index contributed by atoms with van der Waals surface area (Å²) in [6, 6.07) is 0. The number of hydrogen-bond donors (Lipinski definition) is 2. The third-order valence-corrected chi connectivity index (χ3v) is 1.16. The second-order valence-electron chi connectivity index (χ2n) is 2.00. The molecule has 0 aromatic carbocycles. The molecule has 0 saturated carbocycles. The van der Waals surface area contributed by atoms with E-state index < -0.39 is 0 Å². The van der Waals surface area contributed by atoms with Crippen LogP contribution in [0.25, 0.3) is 0 Å². The summed E-state index contributed by atoms with van der Waals surface area (Å²) in [5, 5.41) is 1.90. The first-order valence-corrected chi connectivity index (χ1v) is 3.32. The summed E-state index contributed by atoms with van der Waals surface area (Å²) in [5.74, 6) is 0. The molecule has 0 fully saturated rings. The lowest BCUT2D eigenvalue weighted by Gasteiger charge is -2.19. The Bertz CT molecular complexity index is 141. The molecule has 0 saturated heterocycles. The normalized spacial score (nSPS) is 16.3. The van der Waals surface area contributed by atoms with Gasteiger partial charge in [-0.05, 0) is 6.08 Å². The van der Waals surface area contributed by atoms with Crippen LogP contribution in [-0.2, 0) is 0 Å². The van der Waals surface area contributed by atoms with Crippen LogP contribution in [0.5, 0.6) is 0 Å². The Kier molecular flexibility index (Phi) is 2.92. The number of nitrogens with zero attached hydrogens (tertiary/aromatic N) is 2. The van der Waals surface area contributed by atoms with Gasteiger partial charge in [0, 0.05) is 19.3 Å². The van der Waals surface area contributed by atoms with E-state index in [4.69, 9.17) is 5.73 Å². The van der Waals surface area contributed by atoms with Gasteiger partial charge in [-0.2, -0.15) is 0 Å². The summed E-state index contributed by atoms with van der Waals surface area (Å²) < 4.78 is 0. The van der Waals surface area contributed by atoms with Gasteiger partial charge in [-0.3, -0.25) is 5.01 Å². The van der Waals surface area contributed by atoms with Crippen molar-refractivity contribution >= 4 is 6.34 Å². The molecule has 1 aliphatic heterocycles. The van der Waals surface area contributed by atoms with E-state index >= 15 is 0 Å². The van der Waals surface area contributed by atoms with Gasteiger partial charge < -0.3 is 5.73 Å². The molecule has 56 valence electrons. The summed E-state index contributed by atoms with van der Waals surface area (Å²) in [5.41, 5.74) is 8.37. The number of rotatable bonds is 3. The van der Waals surface area contributed by atoms with Crippen molar-refractivity contribution in [2.75, 3.05) is 19.6 Å². The third-order valence-electron chi connectivity index (χ3n) is 1.16. The van der Waals surface area contributed by atoms with Gasteiger partial charge >= 0.3 is 0 Å². The van der Waals surface area contributed by atoms with Crippen LogP contribution >= 0.6 is 0 Å². The fourth-order valence-electron chi connectivity index (χ4n) is 0.701. The third kappa shape index (κ3) is 2.16. The highest BCUT2D eigenvalue weighted by Gasteiger charge is 1.96. The molecular formula is C6H12N4. The summed E-state index contributed by atoms with van der Waals surface area (Å²) in [6.45, 7) is 2.30. The fraction of sp³-hybridized carbons (Fsp3) is 0.500. The average molecular weight is 140 g/mol. The quantitative estimate of drug-likeness (QED) is 0.545. The second-order valence-corrected chi connectivity index (χ2v) is 2.00. The molecule has 0 aliphatic carbocycles. The van der Waals surface area contributed by atoms with E-state index in [0.29, 0.717) is 6.54 Å². The molecule has 0 amide bonds. The van der Waals surface area contributed by atoms with Crippen LogP contribution in [0.1, 0.15) is 0 Å². The Hall–Kier alpha value is -0.870. The Labute approximate surface area is 60.4 Å². The van der Waals surface area contributed by atoms with Crippen molar-refractivity contribution in [3.63, 3.8) is 0 Å². The Morgan fingerprint density at radius 1 is 1.70 bits per heavy atom. The van der Waals surface area contributed by atoms with E-state index in [1.165, 1.54) is 0 Å². The van der Waals surface area contributed by atoms with Crippen LogP contribution in [0.4, 0.5) is 0 Å². The van der Waals surface area contributed by atoms with Gasteiger partial charge in [0.15, 0.2) is 0 Å². The molecule has 0 bridgehead atoms. The first-order chi connectivity index (χ1) is 4.93. The maximum Gasteiger partial charge on any atom is 0.105 e. The van der Waals surface area contributed by atoms with Crippen molar-refractivity contribution in [1.82, 2.24) is 10.4 Å². The number of nitrogens with two attached hydrogens (primary N) is 1. The van der Waals surface area contributed by atoms with Crippen LogP contribution in [0.15, 0.2) is 17.3 Å². The van der Waals surface area contributed by atoms with Crippen LogP contribution in [0, 0.1) is 0 Å².